The van der Waals surface area contributed by atoms with E-state index in [-0.39, 0.29) is 0 Å². The number of likely N-dealkylation sites (tertiary alicyclic amines) is 1. The fourth-order valence-corrected chi connectivity index (χ4v) is 2.51. The van der Waals surface area contributed by atoms with Crippen molar-refractivity contribution in [3.63, 3.8) is 0 Å². The maximum absolute atomic E-state index is 5.61. The number of rotatable bonds is 3. The minimum Gasteiger partial charge on any atom is -0.326 e. The van der Waals surface area contributed by atoms with Gasteiger partial charge in [0.05, 0.1) is 0 Å². The molecular weight excluding hydrogens is 208 g/mol. The molecule has 94 valence electrons. The zero-order valence-electron chi connectivity index (χ0n) is 10.7. The van der Waals surface area contributed by atoms with Crippen LogP contribution in [0.25, 0.3) is 0 Å². The molecular formula is C15H24N2. The van der Waals surface area contributed by atoms with Crippen LogP contribution in [0.1, 0.15) is 43.2 Å². The van der Waals surface area contributed by atoms with E-state index >= 15 is 0 Å². The van der Waals surface area contributed by atoms with Crippen LogP contribution in [0.3, 0.4) is 0 Å². The van der Waals surface area contributed by atoms with E-state index in [1.165, 1.54) is 56.3 Å². The second-order valence-corrected chi connectivity index (χ2v) is 5.06. The van der Waals surface area contributed by atoms with Crippen LogP contribution in [-0.4, -0.2) is 18.0 Å². The van der Waals surface area contributed by atoms with Crippen LogP contribution in [0.2, 0.25) is 0 Å². The van der Waals surface area contributed by atoms with Crippen LogP contribution < -0.4 is 5.73 Å². The lowest BCUT2D eigenvalue weighted by molar-refractivity contribution is 0.240. The molecule has 0 spiro atoms. The van der Waals surface area contributed by atoms with Crippen LogP contribution in [0.15, 0.2) is 24.3 Å². The largest absolute Gasteiger partial charge is 0.326 e. The summed E-state index contributed by atoms with van der Waals surface area (Å²) in [7, 11) is 0. The monoisotopic (exact) mass is 232 g/mol. The summed E-state index contributed by atoms with van der Waals surface area (Å²) in [6, 6.07) is 8.75. The van der Waals surface area contributed by atoms with Crippen LogP contribution in [0, 0.1) is 0 Å². The van der Waals surface area contributed by atoms with E-state index in [4.69, 9.17) is 5.73 Å². The number of nitrogens with two attached hydrogens (primary N) is 1. The highest BCUT2D eigenvalue weighted by Gasteiger charge is 2.08. The topological polar surface area (TPSA) is 29.3 Å². The predicted molar refractivity (Wildman–Crippen MR) is 72.7 cm³/mol. The quantitative estimate of drug-likeness (QED) is 0.868. The van der Waals surface area contributed by atoms with Crippen molar-refractivity contribution < 1.29 is 0 Å². The normalized spacial score (nSPS) is 18.6. The molecule has 2 nitrogen and oxygen atoms in total. The van der Waals surface area contributed by atoms with Crippen molar-refractivity contribution in [1.29, 1.82) is 0 Å². The van der Waals surface area contributed by atoms with Crippen molar-refractivity contribution in [2.45, 2.75) is 45.2 Å². The van der Waals surface area contributed by atoms with Crippen molar-refractivity contribution in [3.05, 3.63) is 35.4 Å². The van der Waals surface area contributed by atoms with Gasteiger partial charge in [-0.2, -0.15) is 0 Å². The van der Waals surface area contributed by atoms with Gasteiger partial charge in [-0.3, -0.25) is 4.90 Å². The highest BCUT2D eigenvalue weighted by Crippen LogP contribution is 2.13. The predicted octanol–water partition coefficient (Wildman–Crippen LogP) is 2.91. The highest BCUT2D eigenvalue weighted by molar-refractivity contribution is 5.22. The maximum atomic E-state index is 5.61. The summed E-state index contributed by atoms with van der Waals surface area (Å²) in [5, 5.41) is 0. The van der Waals surface area contributed by atoms with Gasteiger partial charge in [-0.05, 0) is 37.1 Å². The van der Waals surface area contributed by atoms with E-state index in [0.29, 0.717) is 6.54 Å². The van der Waals surface area contributed by atoms with Gasteiger partial charge in [0.25, 0.3) is 0 Å². The van der Waals surface area contributed by atoms with Crippen LogP contribution in [-0.2, 0) is 13.1 Å². The second kappa shape index (κ2) is 6.77. The van der Waals surface area contributed by atoms with E-state index in [1.54, 1.807) is 0 Å². The van der Waals surface area contributed by atoms with E-state index in [9.17, 15) is 0 Å². The fraction of sp³-hybridized carbons (Fsp3) is 0.600. The molecule has 0 unspecified atom stereocenters. The van der Waals surface area contributed by atoms with E-state index in [0.717, 1.165) is 6.54 Å². The molecule has 0 amide bonds. The molecule has 1 saturated heterocycles. The van der Waals surface area contributed by atoms with Gasteiger partial charge < -0.3 is 5.73 Å². The SMILES string of the molecule is NCc1ccc(CN2CCCCCCC2)cc1. The van der Waals surface area contributed by atoms with E-state index in [1.807, 2.05) is 0 Å². The Morgan fingerprint density at radius 3 is 1.94 bits per heavy atom. The Kier molecular flexibility index (Phi) is 5.02. The molecule has 1 heterocycles. The summed E-state index contributed by atoms with van der Waals surface area (Å²) in [4.78, 5) is 2.59. The minimum atomic E-state index is 0.643. The van der Waals surface area contributed by atoms with Crippen molar-refractivity contribution in [2.75, 3.05) is 13.1 Å². The number of hydrogen-bond donors (Lipinski definition) is 1. The molecule has 17 heavy (non-hydrogen) atoms. The van der Waals surface area contributed by atoms with Crippen LogP contribution >= 0.6 is 0 Å². The average Bonchev–Trinajstić information content (AvgIpc) is 2.33. The van der Waals surface area contributed by atoms with Gasteiger partial charge in [-0.25, -0.2) is 0 Å². The summed E-state index contributed by atoms with van der Waals surface area (Å²) < 4.78 is 0. The highest BCUT2D eigenvalue weighted by atomic mass is 15.1. The van der Waals surface area contributed by atoms with Crippen molar-refractivity contribution in [2.24, 2.45) is 5.73 Å². The van der Waals surface area contributed by atoms with E-state index in [2.05, 4.69) is 29.2 Å². The summed E-state index contributed by atoms with van der Waals surface area (Å²) in [5.74, 6) is 0. The first-order valence-electron chi connectivity index (χ1n) is 6.89. The lowest BCUT2D eigenvalue weighted by Crippen LogP contribution is -2.26. The van der Waals surface area contributed by atoms with Gasteiger partial charge in [0.15, 0.2) is 0 Å². The minimum absolute atomic E-state index is 0.643. The van der Waals surface area contributed by atoms with Crippen LogP contribution in [0.4, 0.5) is 0 Å². The van der Waals surface area contributed by atoms with Crippen molar-refractivity contribution >= 4 is 0 Å². The van der Waals surface area contributed by atoms with Gasteiger partial charge in [0.1, 0.15) is 0 Å². The molecule has 0 atom stereocenters. The van der Waals surface area contributed by atoms with Gasteiger partial charge in [-0.1, -0.05) is 43.5 Å². The molecule has 1 aliphatic heterocycles. The van der Waals surface area contributed by atoms with Gasteiger partial charge in [0, 0.05) is 13.1 Å². The smallest absolute Gasteiger partial charge is 0.0233 e. The summed E-state index contributed by atoms with van der Waals surface area (Å²) in [5.41, 5.74) is 8.25. The third kappa shape index (κ3) is 4.14. The first kappa shape index (κ1) is 12.6. The zero-order valence-corrected chi connectivity index (χ0v) is 10.7. The molecule has 2 heteroatoms. The van der Waals surface area contributed by atoms with Gasteiger partial charge in [0.2, 0.25) is 0 Å². The Bertz CT molecular complexity index is 310. The van der Waals surface area contributed by atoms with Gasteiger partial charge in [-0.15, -0.1) is 0 Å². The molecule has 0 radical (unpaired) electrons. The first-order valence-corrected chi connectivity index (χ1v) is 6.89. The molecule has 0 bridgehead atoms. The Labute approximate surface area is 105 Å². The molecule has 1 aromatic rings. The fourth-order valence-electron chi connectivity index (χ4n) is 2.51. The molecule has 0 aromatic heterocycles. The molecule has 0 saturated carbocycles. The second-order valence-electron chi connectivity index (χ2n) is 5.06. The molecule has 0 aliphatic carbocycles. The van der Waals surface area contributed by atoms with Crippen LogP contribution in [0.5, 0.6) is 0 Å². The molecule has 1 fully saturated rings. The first-order chi connectivity index (χ1) is 8.38. The Morgan fingerprint density at radius 1 is 0.824 bits per heavy atom. The summed E-state index contributed by atoms with van der Waals surface area (Å²) in [6.07, 6.45) is 6.96. The lowest BCUT2D eigenvalue weighted by Gasteiger charge is -2.24. The van der Waals surface area contributed by atoms with Crippen molar-refractivity contribution in [3.8, 4) is 0 Å². The summed E-state index contributed by atoms with van der Waals surface area (Å²) >= 11 is 0. The average molecular weight is 232 g/mol. The number of hydrogen-bond acceptors (Lipinski definition) is 2. The maximum Gasteiger partial charge on any atom is 0.0233 e. The molecule has 1 aliphatic rings. The number of benzene rings is 1. The molecule has 1 aromatic carbocycles. The number of nitrogens with zero attached hydrogens (tertiary/aromatic N) is 1. The standard InChI is InChI=1S/C15H24N2/c16-12-14-6-8-15(9-7-14)13-17-10-4-2-1-3-5-11-17/h6-9H,1-5,10-13,16H2. The summed E-state index contributed by atoms with van der Waals surface area (Å²) in [6.45, 7) is 4.27. The third-order valence-corrected chi connectivity index (χ3v) is 3.61. The van der Waals surface area contributed by atoms with E-state index < -0.39 is 0 Å². The van der Waals surface area contributed by atoms with Gasteiger partial charge >= 0.3 is 0 Å². The lowest BCUT2D eigenvalue weighted by atomic mass is 10.1. The Balaban J connectivity index is 1.88. The Morgan fingerprint density at radius 2 is 1.35 bits per heavy atom. The molecule has 2 rings (SSSR count). The zero-order chi connectivity index (χ0) is 11.9. The third-order valence-electron chi connectivity index (χ3n) is 3.61. The van der Waals surface area contributed by atoms with Crippen molar-refractivity contribution in [1.82, 2.24) is 4.90 Å². The Hall–Kier alpha value is -0.860. The molecule has 2 N–H and O–H groups in total.